The van der Waals surface area contributed by atoms with Gasteiger partial charge in [-0.2, -0.15) is 0 Å². The van der Waals surface area contributed by atoms with Gasteiger partial charge in [-0.25, -0.2) is 0 Å². The first kappa shape index (κ1) is 47.7. The predicted molar refractivity (Wildman–Crippen MR) is 302 cm³/mol. The summed E-state index contributed by atoms with van der Waals surface area (Å²) in [5.41, 5.74) is 25.9. The quantitative estimate of drug-likeness (QED) is 0.163. The number of benzene rings is 6. The second-order valence-electron chi connectivity index (χ2n) is 28.7. The van der Waals surface area contributed by atoms with E-state index in [9.17, 15) is 0 Å². The van der Waals surface area contributed by atoms with Crippen LogP contribution in [0.25, 0.3) is 11.1 Å². The van der Waals surface area contributed by atoms with Crippen LogP contribution < -0.4 is 26.2 Å². The second-order valence-corrected chi connectivity index (χ2v) is 28.7. The van der Waals surface area contributed by atoms with Crippen molar-refractivity contribution in [3.05, 3.63) is 148 Å². The van der Waals surface area contributed by atoms with Crippen molar-refractivity contribution in [2.75, 3.05) is 9.80 Å². The number of hydrogen-bond donors (Lipinski definition) is 0. The highest BCUT2D eigenvalue weighted by Crippen LogP contribution is 2.56. The summed E-state index contributed by atoms with van der Waals surface area (Å²) < 4.78 is 0. The minimum absolute atomic E-state index is 0.0271. The van der Waals surface area contributed by atoms with Gasteiger partial charge in [-0.05, 0) is 171 Å². The maximum Gasteiger partial charge on any atom is 0.252 e. The predicted octanol–water partition coefficient (Wildman–Crippen LogP) is 16.5. The number of anilines is 6. The summed E-state index contributed by atoms with van der Waals surface area (Å²) in [6.07, 6.45) is 2.27. The monoisotopic (exact) mass is 913 g/mol. The van der Waals surface area contributed by atoms with Gasteiger partial charge in [-0.1, -0.05) is 193 Å². The molecule has 2 aliphatic heterocycles. The van der Waals surface area contributed by atoms with Crippen LogP contribution in [-0.2, 0) is 43.3 Å². The van der Waals surface area contributed by atoms with Crippen LogP contribution in [0.4, 0.5) is 34.1 Å². The minimum Gasteiger partial charge on any atom is -0.311 e. The first-order chi connectivity index (χ1) is 31.7. The molecule has 0 atom stereocenters. The summed E-state index contributed by atoms with van der Waals surface area (Å²) in [7, 11) is 0. The molecule has 0 spiro atoms. The molecule has 6 aromatic carbocycles. The van der Waals surface area contributed by atoms with E-state index in [0.717, 1.165) is 12.8 Å². The Hall–Kier alpha value is -5.02. The Balaban J connectivity index is 1.35. The van der Waals surface area contributed by atoms with Crippen LogP contribution in [0.3, 0.4) is 0 Å². The zero-order valence-corrected chi connectivity index (χ0v) is 46.2. The molecule has 4 aliphatic rings. The largest absolute Gasteiger partial charge is 0.311 e. The van der Waals surface area contributed by atoms with Crippen LogP contribution in [-0.4, -0.2) is 6.71 Å². The molecular formula is C66H81BN2. The number of fused-ring (bicyclic) bond motifs is 6. The van der Waals surface area contributed by atoms with Crippen molar-refractivity contribution in [3.63, 3.8) is 0 Å². The maximum absolute atomic E-state index is 2.71. The molecule has 0 N–H and O–H groups in total. The van der Waals surface area contributed by atoms with Gasteiger partial charge in [0.15, 0.2) is 0 Å². The summed E-state index contributed by atoms with van der Waals surface area (Å²) in [6.45, 7) is 48.0. The molecule has 0 aromatic heterocycles. The van der Waals surface area contributed by atoms with Crippen LogP contribution in [0.15, 0.2) is 103 Å². The third kappa shape index (κ3) is 7.56. The van der Waals surface area contributed by atoms with Crippen LogP contribution in [0.5, 0.6) is 0 Å². The average molecular weight is 913 g/mol. The lowest BCUT2D eigenvalue weighted by atomic mass is 9.33. The Morgan fingerprint density at radius 2 is 0.812 bits per heavy atom. The normalized spacial score (nSPS) is 18.4. The highest BCUT2D eigenvalue weighted by Gasteiger charge is 2.50. The molecule has 2 heterocycles. The first-order valence-corrected chi connectivity index (χ1v) is 26.2. The van der Waals surface area contributed by atoms with E-state index >= 15 is 0 Å². The van der Waals surface area contributed by atoms with Crippen molar-refractivity contribution in [1.82, 2.24) is 0 Å². The van der Waals surface area contributed by atoms with Crippen LogP contribution in [0, 0.1) is 0 Å². The fourth-order valence-corrected chi connectivity index (χ4v) is 13.6. The molecule has 0 unspecified atom stereocenters. The second kappa shape index (κ2) is 14.8. The Morgan fingerprint density at radius 1 is 0.362 bits per heavy atom. The zero-order valence-electron chi connectivity index (χ0n) is 46.2. The van der Waals surface area contributed by atoms with Gasteiger partial charge in [0.05, 0.1) is 5.69 Å². The minimum atomic E-state index is -0.123. The lowest BCUT2D eigenvalue weighted by molar-refractivity contribution is 0.403. The lowest BCUT2D eigenvalue weighted by Gasteiger charge is -2.46. The Labute approximate surface area is 418 Å². The first-order valence-electron chi connectivity index (χ1n) is 26.2. The smallest absolute Gasteiger partial charge is 0.252 e. The third-order valence-corrected chi connectivity index (χ3v) is 17.1. The summed E-state index contributed by atoms with van der Waals surface area (Å²) in [5, 5.41) is 0. The van der Waals surface area contributed by atoms with Crippen molar-refractivity contribution in [2.24, 2.45) is 0 Å². The summed E-state index contributed by atoms with van der Waals surface area (Å²) in [6, 6.07) is 42.4. The Kier molecular flexibility index (Phi) is 10.2. The zero-order chi connectivity index (χ0) is 50.1. The van der Waals surface area contributed by atoms with E-state index in [4.69, 9.17) is 0 Å². The molecule has 10 rings (SSSR count). The van der Waals surface area contributed by atoms with Crippen molar-refractivity contribution in [2.45, 2.75) is 195 Å². The summed E-state index contributed by atoms with van der Waals surface area (Å²) in [4.78, 5) is 5.41. The van der Waals surface area contributed by atoms with Gasteiger partial charge in [0.2, 0.25) is 0 Å². The number of rotatable bonds is 3. The molecule has 69 heavy (non-hydrogen) atoms. The summed E-state index contributed by atoms with van der Waals surface area (Å²) >= 11 is 0. The lowest BCUT2D eigenvalue weighted by Crippen LogP contribution is -2.61. The number of hydrogen-bond acceptors (Lipinski definition) is 2. The van der Waals surface area contributed by atoms with Crippen LogP contribution in [0.1, 0.15) is 196 Å². The molecule has 3 heteroatoms. The van der Waals surface area contributed by atoms with E-state index in [1.165, 1.54) is 106 Å². The topological polar surface area (TPSA) is 6.48 Å². The molecule has 2 aliphatic carbocycles. The molecule has 358 valence electrons. The average Bonchev–Trinajstić information content (AvgIpc) is 3.54. The molecule has 0 amide bonds. The number of nitrogens with zero attached hydrogens (tertiary/aromatic N) is 2. The SMILES string of the molecule is CC(C)(C)c1ccc(-c2cc(C(C)(C)C)ccc2N2c3cc(C(C)(C)C)ccc3B3c4cc5c(cc4N(c4ccc6c(c4)C(C)(C)CC6(C)C)c4cc(C(C)(C)C)cc2c43)C(C)(C)CC5(C)C)cc1. The van der Waals surface area contributed by atoms with Gasteiger partial charge >= 0.3 is 0 Å². The Bertz CT molecular complexity index is 3090. The van der Waals surface area contributed by atoms with Crippen molar-refractivity contribution in [3.8, 4) is 11.1 Å². The standard InChI is InChI=1S/C66H81BN2/c1-59(2,3)41-23-21-40(22-24-41)46-31-42(60(4,5)6)26-30-53(46)69-54-32-43(61(7,8)9)25-29-51(54)67-52-36-49-50(66(19,20)39-65(49,17)18)37-55(52)68(56-33-44(62(10,11)12)34-57(69)58(56)67)45-27-28-47-48(35-45)64(15,16)38-63(47,13)14/h21-37H,38-39H2,1-20H3. The molecule has 0 saturated carbocycles. The van der Waals surface area contributed by atoms with Gasteiger partial charge in [0.1, 0.15) is 0 Å². The van der Waals surface area contributed by atoms with Crippen LogP contribution in [0.2, 0.25) is 0 Å². The van der Waals surface area contributed by atoms with Gasteiger partial charge in [-0.3, -0.25) is 0 Å². The van der Waals surface area contributed by atoms with Crippen molar-refractivity contribution in [1.29, 1.82) is 0 Å². The van der Waals surface area contributed by atoms with E-state index in [1.807, 2.05) is 0 Å². The van der Waals surface area contributed by atoms with Gasteiger partial charge < -0.3 is 9.80 Å². The van der Waals surface area contributed by atoms with Crippen molar-refractivity contribution >= 4 is 57.2 Å². The highest BCUT2D eigenvalue weighted by molar-refractivity contribution is 7.00. The van der Waals surface area contributed by atoms with Gasteiger partial charge in [0, 0.05) is 34.0 Å². The third-order valence-electron chi connectivity index (χ3n) is 17.1. The fraction of sp³-hybridized carbons (Fsp3) is 0.455. The molecule has 0 saturated heterocycles. The van der Waals surface area contributed by atoms with E-state index in [0.29, 0.717) is 0 Å². The van der Waals surface area contributed by atoms with E-state index in [2.05, 4.69) is 251 Å². The molecule has 2 nitrogen and oxygen atoms in total. The van der Waals surface area contributed by atoms with E-state index in [-0.39, 0.29) is 50.0 Å². The molecule has 0 fully saturated rings. The van der Waals surface area contributed by atoms with Crippen LogP contribution >= 0.6 is 0 Å². The molecule has 0 bridgehead atoms. The fourth-order valence-electron chi connectivity index (χ4n) is 13.6. The maximum atomic E-state index is 2.71. The van der Waals surface area contributed by atoms with E-state index < -0.39 is 0 Å². The van der Waals surface area contributed by atoms with E-state index in [1.54, 1.807) is 0 Å². The molecule has 6 aromatic rings. The van der Waals surface area contributed by atoms with Crippen molar-refractivity contribution < 1.29 is 0 Å². The molecular weight excluding hydrogens is 832 g/mol. The molecule has 0 radical (unpaired) electrons. The van der Waals surface area contributed by atoms with Gasteiger partial charge in [-0.15, -0.1) is 0 Å². The highest BCUT2D eigenvalue weighted by atomic mass is 15.2. The Morgan fingerprint density at radius 3 is 1.38 bits per heavy atom. The van der Waals surface area contributed by atoms with Gasteiger partial charge in [0.25, 0.3) is 6.71 Å². The summed E-state index contributed by atoms with van der Waals surface area (Å²) in [5.74, 6) is 0.